The SMILES string of the molecule is Cc1nc(-c2c(C(F)(F)F)ccc(CNC(=O)C3CCC(OCc4cc(F)cc(Cl)c4)CC3)c2F)[nH]c(=O)c1F. The second-order valence-electron chi connectivity index (χ2n) is 9.55. The minimum Gasteiger partial charge on any atom is -0.374 e. The Bertz CT molecular complexity index is 1450. The molecule has 0 bridgehead atoms. The van der Waals surface area contributed by atoms with Gasteiger partial charge in [0.25, 0.3) is 5.56 Å². The maximum Gasteiger partial charge on any atom is 0.417 e. The first-order chi connectivity index (χ1) is 18.8. The highest BCUT2D eigenvalue weighted by molar-refractivity contribution is 6.30. The summed E-state index contributed by atoms with van der Waals surface area (Å²) < 4.78 is 89.3. The van der Waals surface area contributed by atoms with Crippen molar-refractivity contribution in [3.63, 3.8) is 0 Å². The first kappa shape index (κ1) is 29.6. The molecule has 1 amide bonds. The normalized spacial score (nSPS) is 17.6. The van der Waals surface area contributed by atoms with E-state index in [1.54, 1.807) is 6.07 Å². The van der Waals surface area contributed by atoms with Crippen molar-refractivity contribution in [1.82, 2.24) is 15.3 Å². The molecule has 0 spiro atoms. The number of aryl methyl sites for hydroxylation is 1. The molecule has 3 aromatic rings. The van der Waals surface area contributed by atoms with Gasteiger partial charge in [-0.05, 0) is 62.4 Å². The van der Waals surface area contributed by atoms with Crippen LogP contribution in [0.3, 0.4) is 0 Å². The number of hydrogen-bond acceptors (Lipinski definition) is 4. The van der Waals surface area contributed by atoms with Crippen molar-refractivity contribution in [2.24, 2.45) is 5.92 Å². The number of aromatic nitrogens is 2. The van der Waals surface area contributed by atoms with Gasteiger partial charge in [-0.3, -0.25) is 9.59 Å². The van der Waals surface area contributed by atoms with E-state index in [-0.39, 0.29) is 23.3 Å². The minimum absolute atomic E-state index is 0.155. The van der Waals surface area contributed by atoms with Crippen LogP contribution in [-0.4, -0.2) is 22.0 Å². The molecule has 0 unspecified atom stereocenters. The van der Waals surface area contributed by atoms with Gasteiger partial charge >= 0.3 is 6.18 Å². The van der Waals surface area contributed by atoms with Crippen LogP contribution in [0.25, 0.3) is 11.4 Å². The van der Waals surface area contributed by atoms with Gasteiger partial charge in [-0.1, -0.05) is 17.7 Å². The molecule has 1 fully saturated rings. The highest BCUT2D eigenvalue weighted by atomic mass is 35.5. The largest absolute Gasteiger partial charge is 0.417 e. The molecule has 1 heterocycles. The minimum atomic E-state index is -5.00. The first-order valence-electron chi connectivity index (χ1n) is 12.3. The summed E-state index contributed by atoms with van der Waals surface area (Å²) in [5.41, 5.74) is -3.98. The van der Waals surface area contributed by atoms with Crippen molar-refractivity contribution in [3.8, 4) is 11.4 Å². The number of halogens is 7. The molecule has 0 saturated heterocycles. The summed E-state index contributed by atoms with van der Waals surface area (Å²) in [6, 6.07) is 5.61. The number of carbonyl (C=O) groups excluding carboxylic acids is 1. The van der Waals surface area contributed by atoms with Crippen LogP contribution in [0.4, 0.5) is 26.3 Å². The van der Waals surface area contributed by atoms with E-state index in [1.807, 2.05) is 4.98 Å². The molecule has 1 aromatic heterocycles. The van der Waals surface area contributed by atoms with Gasteiger partial charge in [-0.2, -0.15) is 17.6 Å². The quantitative estimate of drug-likeness (QED) is 0.321. The van der Waals surface area contributed by atoms with Gasteiger partial charge in [0, 0.05) is 23.0 Å². The number of rotatable bonds is 7. The van der Waals surface area contributed by atoms with Gasteiger partial charge < -0.3 is 15.0 Å². The van der Waals surface area contributed by atoms with Crippen molar-refractivity contribution in [2.75, 3.05) is 0 Å². The standard InChI is InChI=1S/C27H24ClF6N3O3/c1-13-22(30)26(39)37-24(36-13)21-20(27(32,33)34)7-4-16(23(21)31)11-35-25(38)15-2-5-19(6-3-15)40-12-14-8-17(28)10-18(29)9-14/h4,7-10,15,19H,2-3,5-6,11-12H2,1H3,(H,35,38)(H,36,37,39). The Kier molecular flexibility index (Phi) is 8.89. The molecule has 0 atom stereocenters. The lowest BCUT2D eigenvalue weighted by atomic mass is 9.86. The molecule has 1 saturated carbocycles. The number of amides is 1. The van der Waals surface area contributed by atoms with E-state index >= 15 is 4.39 Å². The van der Waals surface area contributed by atoms with Crippen LogP contribution < -0.4 is 10.9 Å². The molecule has 2 aromatic carbocycles. The number of H-pyrrole nitrogens is 1. The summed E-state index contributed by atoms with van der Waals surface area (Å²) in [4.78, 5) is 30.0. The third-order valence-electron chi connectivity index (χ3n) is 6.70. The molecule has 0 radical (unpaired) electrons. The molecular weight excluding hydrogens is 564 g/mol. The summed E-state index contributed by atoms with van der Waals surface area (Å²) >= 11 is 5.85. The lowest BCUT2D eigenvalue weighted by Gasteiger charge is -2.28. The average molecular weight is 588 g/mol. The number of aromatic amines is 1. The van der Waals surface area contributed by atoms with Crippen LogP contribution in [0.15, 0.2) is 35.1 Å². The van der Waals surface area contributed by atoms with Crippen molar-refractivity contribution < 1.29 is 35.9 Å². The van der Waals surface area contributed by atoms with Crippen LogP contribution in [0, 0.1) is 30.3 Å². The zero-order valence-corrected chi connectivity index (χ0v) is 21.9. The Labute approximate surface area is 229 Å². The van der Waals surface area contributed by atoms with Gasteiger partial charge in [-0.25, -0.2) is 13.8 Å². The lowest BCUT2D eigenvalue weighted by Crippen LogP contribution is -2.34. The Balaban J connectivity index is 1.41. The zero-order valence-electron chi connectivity index (χ0n) is 21.1. The second kappa shape index (κ2) is 12.0. The summed E-state index contributed by atoms with van der Waals surface area (Å²) in [5, 5.41) is 2.81. The summed E-state index contributed by atoms with van der Waals surface area (Å²) in [6.07, 6.45) is -3.15. The number of benzene rings is 2. The van der Waals surface area contributed by atoms with E-state index in [4.69, 9.17) is 16.3 Å². The summed E-state index contributed by atoms with van der Waals surface area (Å²) in [6.45, 7) is 0.805. The molecule has 214 valence electrons. The van der Waals surface area contributed by atoms with Crippen LogP contribution >= 0.6 is 11.6 Å². The van der Waals surface area contributed by atoms with E-state index in [2.05, 4.69) is 10.3 Å². The molecule has 13 heteroatoms. The molecule has 6 nitrogen and oxygen atoms in total. The predicted octanol–water partition coefficient (Wildman–Crippen LogP) is 6.23. The van der Waals surface area contributed by atoms with Gasteiger partial charge in [-0.15, -0.1) is 0 Å². The highest BCUT2D eigenvalue weighted by Crippen LogP contribution is 2.38. The van der Waals surface area contributed by atoms with Crippen molar-refractivity contribution in [2.45, 2.75) is 58.0 Å². The van der Waals surface area contributed by atoms with Gasteiger partial charge in [0.2, 0.25) is 11.7 Å². The van der Waals surface area contributed by atoms with Gasteiger partial charge in [0.1, 0.15) is 17.5 Å². The Morgan fingerprint density at radius 2 is 1.80 bits per heavy atom. The van der Waals surface area contributed by atoms with Crippen LogP contribution in [0.5, 0.6) is 0 Å². The maximum absolute atomic E-state index is 15.4. The number of alkyl halides is 3. The van der Waals surface area contributed by atoms with Gasteiger partial charge in [0.05, 0.1) is 29.5 Å². The van der Waals surface area contributed by atoms with E-state index < -0.39 is 70.2 Å². The number of hydrogen-bond donors (Lipinski definition) is 2. The topological polar surface area (TPSA) is 84.1 Å². The fraction of sp³-hybridized carbons (Fsp3) is 0.370. The van der Waals surface area contributed by atoms with E-state index in [0.29, 0.717) is 37.3 Å². The van der Waals surface area contributed by atoms with Crippen LogP contribution in [0.1, 0.15) is 48.1 Å². The Hall–Kier alpha value is -3.38. The maximum atomic E-state index is 15.4. The van der Waals surface area contributed by atoms with Crippen molar-refractivity contribution in [3.05, 3.63) is 85.5 Å². The lowest BCUT2D eigenvalue weighted by molar-refractivity contribution is -0.137. The van der Waals surface area contributed by atoms with Crippen molar-refractivity contribution >= 4 is 17.5 Å². The number of ether oxygens (including phenoxy) is 1. The van der Waals surface area contributed by atoms with Crippen molar-refractivity contribution in [1.29, 1.82) is 0 Å². The number of carbonyl (C=O) groups is 1. The smallest absolute Gasteiger partial charge is 0.374 e. The number of nitrogens with one attached hydrogen (secondary N) is 2. The average Bonchev–Trinajstić information content (AvgIpc) is 2.88. The molecule has 4 rings (SSSR count). The summed E-state index contributed by atoms with van der Waals surface area (Å²) in [7, 11) is 0. The van der Waals surface area contributed by atoms with E-state index in [0.717, 1.165) is 13.0 Å². The van der Waals surface area contributed by atoms with Crippen LogP contribution in [0.2, 0.25) is 5.02 Å². The third kappa shape index (κ3) is 6.84. The first-order valence-corrected chi connectivity index (χ1v) is 12.7. The Morgan fingerprint density at radius 1 is 1.10 bits per heavy atom. The zero-order chi connectivity index (χ0) is 29.2. The fourth-order valence-electron chi connectivity index (χ4n) is 4.64. The fourth-order valence-corrected chi connectivity index (χ4v) is 4.88. The Morgan fingerprint density at radius 3 is 2.42 bits per heavy atom. The highest BCUT2D eigenvalue weighted by Gasteiger charge is 2.37. The van der Waals surface area contributed by atoms with E-state index in [1.165, 1.54) is 12.1 Å². The molecular formula is C27H24ClF6N3O3. The number of nitrogens with zero attached hydrogens (tertiary/aromatic N) is 1. The second-order valence-corrected chi connectivity index (χ2v) is 9.99. The van der Waals surface area contributed by atoms with Crippen LogP contribution in [-0.2, 0) is 28.9 Å². The molecule has 1 aliphatic carbocycles. The molecule has 1 aliphatic rings. The van der Waals surface area contributed by atoms with Gasteiger partial charge in [0.15, 0.2) is 0 Å². The molecule has 2 N–H and O–H groups in total. The molecule has 40 heavy (non-hydrogen) atoms. The third-order valence-corrected chi connectivity index (χ3v) is 6.92. The summed E-state index contributed by atoms with van der Waals surface area (Å²) in [5.74, 6) is -4.71. The van der Waals surface area contributed by atoms with E-state index in [9.17, 15) is 31.5 Å². The molecule has 0 aliphatic heterocycles. The monoisotopic (exact) mass is 587 g/mol. The predicted molar refractivity (Wildman–Crippen MR) is 134 cm³/mol.